The first kappa shape index (κ1) is 13.5. The molecule has 1 spiro atoms. The van der Waals surface area contributed by atoms with Crippen LogP contribution in [0.4, 0.5) is 0 Å². The Hall–Kier alpha value is -1.48. The fraction of sp³-hybridized carbons (Fsp3) is 0.438. The van der Waals surface area contributed by atoms with Gasteiger partial charge in [0.25, 0.3) is 0 Å². The highest BCUT2D eigenvalue weighted by atomic mass is 35.5. The monoisotopic (exact) mass is 291 g/mol. The van der Waals surface area contributed by atoms with Crippen molar-refractivity contribution in [3.8, 4) is 0 Å². The van der Waals surface area contributed by atoms with Gasteiger partial charge in [-0.25, -0.2) is 0 Å². The predicted molar refractivity (Wildman–Crippen MR) is 79.4 cm³/mol. The van der Waals surface area contributed by atoms with E-state index in [0.717, 1.165) is 42.0 Å². The first-order valence-corrected chi connectivity index (χ1v) is 7.34. The highest BCUT2D eigenvalue weighted by Gasteiger charge is 2.41. The molecule has 1 aromatic rings. The van der Waals surface area contributed by atoms with Gasteiger partial charge >= 0.3 is 0 Å². The maximum Gasteiger partial charge on any atom is 0.219 e. The van der Waals surface area contributed by atoms with Crippen LogP contribution >= 0.6 is 11.6 Å². The van der Waals surface area contributed by atoms with Gasteiger partial charge in [0.2, 0.25) is 5.91 Å². The Kier molecular flexibility index (Phi) is 3.47. The van der Waals surface area contributed by atoms with Gasteiger partial charge in [0.15, 0.2) is 0 Å². The zero-order chi connectivity index (χ0) is 14.2. The maximum absolute atomic E-state index is 11.6. The molecule has 1 atom stereocenters. The van der Waals surface area contributed by atoms with Gasteiger partial charge in [-0.3, -0.25) is 4.79 Å². The molecule has 20 heavy (non-hydrogen) atoms. The number of nitrogens with zero attached hydrogens (tertiary/aromatic N) is 1. The SMILES string of the molecule is CC(=O)N1CCCC2(CC(c3cccc(Cl)c3)=CO2)C1. The quantitative estimate of drug-likeness (QED) is 0.793. The van der Waals surface area contributed by atoms with E-state index < -0.39 is 0 Å². The highest BCUT2D eigenvalue weighted by Crippen LogP contribution is 2.40. The molecule has 1 saturated heterocycles. The summed E-state index contributed by atoms with van der Waals surface area (Å²) in [5.74, 6) is 0.129. The summed E-state index contributed by atoms with van der Waals surface area (Å²) in [5.41, 5.74) is 2.04. The van der Waals surface area contributed by atoms with Crippen molar-refractivity contribution >= 4 is 23.1 Å². The number of carbonyl (C=O) groups excluding carboxylic acids is 1. The van der Waals surface area contributed by atoms with Crippen LogP contribution in [0.3, 0.4) is 0 Å². The molecular formula is C16H18ClNO2. The van der Waals surface area contributed by atoms with Gasteiger partial charge < -0.3 is 9.64 Å². The normalized spacial score (nSPS) is 25.5. The van der Waals surface area contributed by atoms with E-state index in [1.807, 2.05) is 35.4 Å². The molecule has 0 N–H and O–H groups in total. The van der Waals surface area contributed by atoms with E-state index in [1.165, 1.54) is 0 Å². The van der Waals surface area contributed by atoms with Crippen LogP contribution in [0.5, 0.6) is 0 Å². The second-order valence-corrected chi connectivity index (χ2v) is 6.11. The molecule has 0 bridgehead atoms. The number of hydrogen-bond donors (Lipinski definition) is 0. The molecular weight excluding hydrogens is 274 g/mol. The van der Waals surface area contributed by atoms with E-state index in [4.69, 9.17) is 16.3 Å². The molecule has 1 unspecified atom stereocenters. The lowest BCUT2D eigenvalue weighted by molar-refractivity contribution is -0.135. The van der Waals surface area contributed by atoms with Crippen molar-refractivity contribution in [3.05, 3.63) is 41.1 Å². The summed E-state index contributed by atoms with van der Waals surface area (Å²) in [6.07, 6.45) is 4.68. The summed E-state index contributed by atoms with van der Waals surface area (Å²) in [4.78, 5) is 13.5. The second kappa shape index (κ2) is 5.13. The Balaban J connectivity index is 1.76. The van der Waals surface area contributed by atoms with E-state index in [0.29, 0.717) is 6.54 Å². The number of carbonyl (C=O) groups is 1. The molecule has 2 heterocycles. The topological polar surface area (TPSA) is 29.5 Å². The summed E-state index contributed by atoms with van der Waals surface area (Å²) < 4.78 is 5.97. The van der Waals surface area contributed by atoms with Gasteiger partial charge in [-0.15, -0.1) is 0 Å². The minimum atomic E-state index is -0.235. The minimum absolute atomic E-state index is 0.129. The molecule has 4 heteroatoms. The number of likely N-dealkylation sites (tertiary alicyclic amines) is 1. The van der Waals surface area contributed by atoms with Crippen LogP contribution in [0.15, 0.2) is 30.5 Å². The van der Waals surface area contributed by atoms with Crippen molar-refractivity contribution < 1.29 is 9.53 Å². The van der Waals surface area contributed by atoms with Gasteiger partial charge in [-0.05, 0) is 36.1 Å². The number of hydrogen-bond acceptors (Lipinski definition) is 2. The smallest absolute Gasteiger partial charge is 0.219 e. The summed E-state index contributed by atoms with van der Waals surface area (Å²) in [5, 5.41) is 0.735. The molecule has 1 amide bonds. The summed E-state index contributed by atoms with van der Waals surface area (Å²) in [6, 6.07) is 7.83. The first-order chi connectivity index (χ1) is 9.58. The number of piperidine rings is 1. The number of ether oxygens (including phenoxy) is 1. The predicted octanol–water partition coefficient (Wildman–Crippen LogP) is 3.48. The zero-order valence-corrected chi connectivity index (χ0v) is 12.3. The van der Waals surface area contributed by atoms with Crippen molar-refractivity contribution in [2.45, 2.75) is 31.8 Å². The van der Waals surface area contributed by atoms with Crippen LogP contribution in [0.1, 0.15) is 31.7 Å². The third kappa shape index (κ3) is 2.55. The lowest BCUT2D eigenvalue weighted by atomic mass is 9.86. The van der Waals surface area contributed by atoms with Crippen molar-refractivity contribution in [1.29, 1.82) is 0 Å². The van der Waals surface area contributed by atoms with E-state index in [2.05, 4.69) is 0 Å². The fourth-order valence-corrected chi connectivity index (χ4v) is 3.28. The molecule has 1 fully saturated rings. The number of amides is 1. The van der Waals surface area contributed by atoms with Gasteiger partial charge in [-0.2, -0.15) is 0 Å². The van der Waals surface area contributed by atoms with Crippen LogP contribution in [-0.2, 0) is 9.53 Å². The largest absolute Gasteiger partial charge is 0.492 e. The lowest BCUT2D eigenvalue weighted by Crippen LogP contribution is -2.49. The Labute approximate surface area is 124 Å². The van der Waals surface area contributed by atoms with Crippen LogP contribution < -0.4 is 0 Å². The molecule has 1 aromatic carbocycles. The average Bonchev–Trinajstić information content (AvgIpc) is 2.82. The molecule has 2 aliphatic heterocycles. The van der Waals surface area contributed by atoms with Gasteiger partial charge in [-0.1, -0.05) is 23.7 Å². The lowest BCUT2D eigenvalue weighted by Gasteiger charge is -2.39. The van der Waals surface area contributed by atoms with E-state index in [9.17, 15) is 4.79 Å². The molecule has 3 rings (SSSR count). The van der Waals surface area contributed by atoms with Crippen molar-refractivity contribution in [1.82, 2.24) is 4.90 Å². The molecule has 0 aromatic heterocycles. The highest BCUT2D eigenvalue weighted by molar-refractivity contribution is 6.30. The second-order valence-electron chi connectivity index (χ2n) is 5.68. The van der Waals surface area contributed by atoms with Crippen LogP contribution in [0, 0.1) is 0 Å². The summed E-state index contributed by atoms with van der Waals surface area (Å²) >= 11 is 6.04. The fourth-order valence-electron chi connectivity index (χ4n) is 3.09. The Bertz CT molecular complexity index is 569. The Morgan fingerprint density at radius 1 is 1.45 bits per heavy atom. The maximum atomic E-state index is 11.6. The first-order valence-electron chi connectivity index (χ1n) is 6.96. The molecule has 2 aliphatic rings. The van der Waals surface area contributed by atoms with Crippen molar-refractivity contribution in [2.24, 2.45) is 0 Å². The molecule has 3 nitrogen and oxygen atoms in total. The summed E-state index contributed by atoms with van der Waals surface area (Å²) in [7, 11) is 0. The van der Waals surface area contributed by atoms with E-state index in [1.54, 1.807) is 6.92 Å². The molecule has 106 valence electrons. The molecule has 0 radical (unpaired) electrons. The van der Waals surface area contributed by atoms with Gasteiger partial charge in [0, 0.05) is 24.9 Å². The molecule has 0 saturated carbocycles. The number of rotatable bonds is 1. The van der Waals surface area contributed by atoms with Crippen LogP contribution in [0.2, 0.25) is 5.02 Å². The number of halogens is 1. The van der Waals surface area contributed by atoms with Crippen molar-refractivity contribution in [2.75, 3.05) is 13.1 Å². The Morgan fingerprint density at radius 3 is 3.05 bits per heavy atom. The molecule has 0 aliphatic carbocycles. The minimum Gasteiger partial charge on any atom is -0.492 e. The average molecular weight is 292 g/mol. The standard InChI is InChI=1S/C16H18ClNO2/c1-12(19)18-7-3-6-16(11-18)9-14(10-20-16)13-4-2-5-15(17)8-13/h2,4-5,8,10H,3,6-7,9,11H2,1H3. The number of benzene rings is 1. The van der Waals surface area contributed by atoms with Crippen LogP contribution in [0.25, 0.3) is 5.57 Å². The van der Waals surface area contributed by atoms with Crippen LogP contribution in [-0.4, -0.2) is 29.5 Å². The van der Waals surface area contributed by atoms with Gasteiger partial charge in [0.05, 0.1) is 12.8 Å². The van der Waals surface area contributed by atoms with Crippen molar-refractivity contribution in [3.63, 3.8) is 0 Å². The zero-order valence-electron chi connectivity index (χ0n) is 11.6. The van der Waals surface area contributed by atoms with E-state index in [-0.39, 0.29) is 11.5 Å². The van der Waals surface area contributed by atoms with Gasteiger partial charge in [0.1, 0.15) is 5.60 Å². The third-order valence-corrected chi connectivity index (χ3v) is 4.38. The Morgan fingerprint density at radius 2 is 2.30 bits per heavy atom. The van der Waals surface area contributed by atoms with E-state index >= 15 is 0 Å². The third-order valence-electron chi connectivity index (χ3n) is 4.14. The summed E-state index contributed by atoms with van der Waals surface area (Å²) in [6.45, 7) is 3.15.